The van der Waals surface area contributed by atoms with Crippen LogP contribution in [0, 0.1) is 5.82 Å². The van der Waals surface area contributed by atoms with Gasteiger partial charge in [-0.05, 0) is 38.3 Å². The molecule has 2 atom stereocenters. The van der Waals surface area contributed by atoms with Crippen LogP contribution in [0.2, 0.25) is 0 Å². The lowest BCUT2D eigenvalue weighted by Crippen LogP contribution is -2.63. The smallest absolute Gasteiger partial charge is 0.221 e. The summed E-state index contributed by atoms with van der Waals surface area (Å²) < 4.78 is 132. The fourth-order valence-electron chi connectivity index (χ4n) is 2.69. The van der Waals surface area contributed by atoms with E-state index in [-0.39, 0.29) is 27.7 Å². The predicted octanol–water partition coefficient (Wildman–Crippen LogP) is 7.57. The van der Waals surface area contributed by atoms with E-state index in [1.165, 1.54) is 57.3 Å². The van der Waals surface area contributed by atoms with Crippen LogP contribution in [0.25, 0.3) is 0 Å². The molecule has 0 amide bonds. The molecule has 156 valence electrons. The van der Waals surface area contributed by atoms with Crippen LogP contribution in [-0.4, -0.2) is 23.9 Å². The van der Waals surface area contributed by atoms with Crippen molar-refractivity contribution >= 4 is 45.2 Å². The fourth-order valence-corrected chi connectivity index (χ4v) is 5.54. The maximum atomic E-state index is 14.8. The topological polar surface area (TPSA) is 0 Å². The van der Waals surface area contributed by atoms with Crippen LogP contribution in [-0.2, 0) is 3.42 Å². The van der Waals surface area contributed by atoms with Crippen LogP contribution in [0.5, 0.6) is 0 Å². The average molecular weight is 644 g/mol. The van der Waals surface area contributed by atoms with Crippen molar-refractivity contribution in [2.75, 3.05) is 0 Å². The molecule has 0 fully saturated rings. The van der Waals surface area contributed by atoms with E-state index in [0.717, 1.165) is 12.1 Å². The van der Waals surface area contributed by atoms with Gasteiger partial charge in [-0.2, -0.15) is 35.1 Å². The van der Waals surface area contributed by atoms with Gasteiger partial charge >= 0.3 is 23.9 Å². The van der Waals surface area contributed by atoms with Crippen molar-refractivity contribution in [3.63, 3.8) is 0 Å². The van der Waals surface area contributed by atoms with Gasteiger partial charge < -0.3 is 0 Å². The summed E-state index contributed by atoms with van der Waals surface area (Å²) in [5.74, 6) is -7.71. The van der Waals surface area contributed by atoms with E-state index < -0.39 is 38.8 Å². The van der Waals surface area contributed by atoms with Crippen LogP contribution in [0.1, 0.15) is 12.0 Å². The summed E-state index contributed by atoms with van der Waals surface area (Å²) in [7, 11) is 0. The molecule has 0 nitrogen and oxygen atoms in total. The Morgan fingerprint density at radius 1 is 0.857 bits per heavy atom. The Kier molecular flexibility index (Phi) is 6.19. The van der Waals surface area contributed by atoms with Crippen molar-refractivity contribution in [1.82, 2.24) is 0 Å². The first kappa shape index (κ1) is 23.7. The van der Waals surface area contributed by atoms with Crippen molar-refractivity contribution in [3.8, 4) is 0 Å². The zero-order chi connectivity index (χ0) is 21.8. The summed E-state index contributed by atoms with van der Waals surface area (Å²) in [6.07, 6.45) is -13.1. The molecule has 12 heteroatoms. The number of rotatable bonds is 3. The van der Waals surface area contributed by atoms with E-state index in [1.807, 2.05) is 0 Å². The first-order valence-corrected chi connectivity index (χ1v) is 9.36. The van der Waals surface area contributed by atoms with E-state index in [0.29, 0.717) is 0 Å². The van der Waals surface area contributed by atoms with Crippen LogP contribution in [0.4, 0.5) is 43.9 Å². The highest BCUT2D eigenvalue weighted by Crippen LogP contribution is 2.59. The van der Waals surface area contributed by atoms with E-state index >= 15 is 0 Å². The minimum absolute atomic E-state index is 0.156. The molecule has 2 unspecified atom stereocenters. The summed E-state index contributed by atoms with van der Waals surface area (Å²) in [4.78, 5) is 0. The second-order valence-corrected chi connectivity index (χ2v) is 9.25. The van der Waals surface area contributed by atoms with Crippen molar-refractivity contribution in [2.24, 2.45) is 0 Å². The van der Waals surface area contributed by atoms with Gasteiger partial charge in [0.05, 0.1) is 3.42 Å². The Hall–Kier alpha value is -0.540. The second-order valence-electron chi connectivity index (χ2n) is 5.94. The summed E-state index contributed by atoms with van der Waals surface area (Å²) in [6, 6.07) is 4.61. The minimum Gasteiger partial charge on any atom is -0.221 e. The van der Waals surface area contributed by atoms with Crippen molar-refractivity contribution in [2.45, 2.75) is 33.8 Å². The number of hydrogen-bond donors (Lipinski definition) is 0. The summed E-state index contributed by atoms with van der Waals surface area (Å²) in [6.45, 7) is 0. The molecule has 1 aromatic carbocycles. The number of halogens is 12. The highest BCUT2D eigenvalue weighted by molar-refractivity contribution is 14.1. The quantitative estimate of drug-likeness (QED) is 0.181. The summed E-state index contributed by atoms with van der Waals surface area (Å²) in [5, 5.41) is 0. The van der Waals surface area contributed by atoms with Crippen LogP contribution in [0.3, 0.4) is 0 Å². The Balaban J connectivity index is 2.80. The predicted molar refractivity (Wildman–Crippen MR) is 97.8 cm³/mol. The van der Waals surface area contributed by atoms with Gasteiger partial charge in [0.25, 0.3) is 0 Å². The molecule has 0 heterocycles. The lowest BCUT2D eigenvalue weighted by atomic mass is 9.80. The molecule has 1 aliphatic rings. The average Bonchev–Trinajstić information content (AvgIpc) is 2.51. The number of alkyl halides is 10. The Bertz CT molecular complexity index is 823. The Morgan fingerprint density at radius 3 is 1.86 bits per heavy atom. The van der Waals surface area contributed by atoms with E-state index in [2.05, 4.69) is 0 Å². The highest BCUT2D eigenvalue weighted by Gasteiger charge is 2.82. The summed E-state index contributed by atoms with van der Waals surface area (Å²) >= 11 is 2.79. The normalized spacial score (nSPS) is 23.7. The van der Waals surface area contributed by atoms with E-state index in [4.69, 9.17) is 0 Å². The van der Waals surface area contributed by atoms with Gasteiger partial charge in [-0.1, -0.05) is 46.9 Å². The number of hydrogen-bond acceptors (Lipinski definition) is 0. The SMILES string of the molecule is Fc1ccccc1C1(I)C=C(C(F)(C(F)(F)F)C(F)(F)C(F)(F)F)C=C(I)C1. The van der Waals surface area contributed by atoms with E-state index in [9.17, 15) is 43.9 Å². The lowest BCUT2D eigenvalue weighted by molar-refractivity contribution is -0.371. The third kappa shape index (κ3) is 3.78. The first-order chi connectivity index (χ1) is 12.5. The standard InChI is InChI=1S/C16H8F10I2/c17-11-4-2-1-3-10(11)12(28)6-8(5-9(27)7-12)13(18,15(21,22)23)14(19,20)16(24,25)26/h1-6H,7H2. The Labute approximate surface area is 179 Å². The van der Waals surface area contributed by atoms with Gasteiger partial charge in [-0.25, -0.2) is 8.78 Å². The summed E-state index contributed by atoms with van der Waals surface area (Å²) in [5.41, 5.74) is -8.28. The fraction of sp³-hybridized carbons (Fsp3) is 0.375. The Morgan fingerprint density at radius 2 is 1.39 bits per heavy atom. The van der Waals surface area contributed by atoms with Crippen molar-refractivity contribution < 1.29 is 43.9 Å². The third-order valence-electron chi connectivity index (χ3n) is 4.02. The maximum absolute atomic E-state index is 14.8. The lowest BCUT2D eigenvalue weighted by Gasteiger charge is -2.39. The molecule has 0 bridgehead atoms. The monoisotopic (exact) mass is 644 g/mol. The van der Waals surface area contributed by atoms with Gasteiger partial charge in [-0.15, -0.1) is 0 Å². The molecule has 0 aromatic heterocycles. The van der Waals surface area contributed by atoms with Gasteiger partial charge in [0.15, 0.2) is 0 Å². The largest absolute Gasteiger partial charge is 0.457 e. The van der Waals surface area contributed by atoms with Gasteiger partial charge in [-0.3, -0.25) is 0 Å². The highest BCUT2D eigenvalue weighted by atomic mass is 127. The molecular formula is C16H8F10I2. The molecule has 0 aliphatic heterocycles. The first-order valence-electron chi connectivity index (χ1n) is 7.21. The van der Waals surface area contributed by atoms with Crippen LogP contribution >= 0.6 is 45.2 Å². The zero-order valence-corrected chi connectivity index (χ0v) is 17.5. The van der Waals surface area contributed by atoms with Gasteiger partial charge in [0.2, 0.25) is 0 Å². The van der Waals surface area contributed by atoms with Gasteiger partial charge in [0, 0.05) is 17.6 Å². The van der Waals surface area contributed by atoms with E-state index in [1.54, 1.807) is 0 Å². The van der Waals surface area contributed by atoms with Gasteiger partial charge in [0.1, 0.15) is 5.82 Å². The molecule has 2 rings (SSSR count). The molecular weight excluding hydrogens is 636 g/mol. The van der Waals surface area contributed by atoms with Crippen molar-refractivity contribution in [1.29, 1.82) is 0 Å². The molecule has 28 heavy (non-hydrogen) atoms. The number of benzene rings is 1. The molecule has 0 saturated heterocycles. The molecule has 0 radical (unpaired) electrons. The molecule has 0 spiro atoms. The third-order valence-corrected chi connectivity index (χ3v) is 5.99. The van der Waals surface area contributed by atoms with Crippen molar-refractivity contribution in [3.05, 3.63) is 57.0 Å². The molecule has 1 aliphatic carbocycles. The zero-order valence-electron chi connectivity index (χ0n) is 13.2. The number of allylic oxidation sites excluding steroid dienone is 4. The molecule has 0 saturated carbocycles. The second kappa shape index (κ2) is 7.30. The van der Waals surface area contributed by atoms with Crippen LogP contribution < -0.4 is 0 Å². The molecule has 1 aromatic rings. The van der Waals surface area contributed by atoms with Crippen LogP contribution in [0.15, 0.2) is 45.6 Å². The maximum Gasteiger partial charge on any atom is 0.457 e. The molecule has 0 N–H and O–H groups in total. The minimum atomic E-state index is -6.82.